The molecule has 1 N–H and O–H groups in total. The molecule has 0 unspecified atom stereocenters. The van der Waals surface area contributed by atoms with Crippen LogP contribution in [0.25, 0.3) is 0 Å². The maximum atomic E-state index is 11.2. The van der Waals surface area contributed by atoms with E-state index in [4.69, 9.17) is 5.11 Å². The molecule has 0 heterocycles. The smallest absolute Gasteiger partial charge is 0.330 e. The predicted octanol–water partition coefficient (Wildman–Crippen LogP) is 5.79. The van der Waals surface area contributed by atoms with Crippen LogP contribution in [0.1, 0.15) is 103 Å². The fraction of sp³-hybridized carbons (Fsp3) is 0.741. The minimum atomic E-state index is -0.795. The largest absolute Gasteiger partial charge is 0.478 e. The van der Waals surface area contributed by atoms with Crippen molar-refractivity contribution >= 4 is 17.9 Å². The highest BCUT2D eigenvalue weighted by Crippen LogP contribution is 2.39. The van der Waals surface area contributed by atoms with E-state index in [2.05, 4.69) is 9.47 Å². The first-order chi connectivity index (χ1) is 17.2. The van der Waals surface area contributed by atoms with Gasteiger partial charge in [0.2, 0.25) is 6.54 Å². The predicted molar refractivity (Wildman–Crippen MR) is 136 cm³/mol. The van der Waals surface area contributed by atoms with Crippen LogP contribution in [-0.4, -0.2) is 48.7 Å². The van der Waals surface area contributed by atoms with E-state index < -0.39 is 11.4 Å². The minimum Gasteiger partial charge on any atom is -0.478 e. The second-order valence-electron chi connectivity index (χ2n) is 9.89. The van der Waals surface area contributed by atoms with Gasteiger partial charge in [-0.05, 0) is 64.2 Å². The first-order valence-corrected chi connectivity index (χ1v) is 13.1. The maximum absolute atomic E-state index is 11.2. The zero-order chi connectivity index (χ0) is 26.8. The normalized spacial score (nSPS) is 18.7. The zero-order valence-corrected chi connectivity index (χ0v) is 21.9. The second-order valence-corrected chi connectivity index (χ2v) is 9.89. The molecule has 0 spiro atoms. The van der Waals surface area contributed by atoms with E-state index in [1.54, 1.807) is 6.08 Å². The summed E-state index contributed by atoms with van der Waals surface area (Å²) in [5.41, 5.74) is 1.91. The molecule has 0 amide bonds. The molecular weight excluding hydrogens is 466 g/mol. The zero-order valence-electron chi connectivity index (χ0n) is 21.9. The van der Waals surface area contributed by atoms with Gasteiger partial charge >= 0.3 is 17.9 Å². The number of carboxylic acids is 1. The van der Waals surface area contributed by atoms with E-state index in [1.165, 1.54) is 64.4 Å². The minimum absolute atomic E-state index is 0.109. The topological polar surface area (TPSA) is 133 Å². The van der Waals surface area contributed by atoms with E-state index in [1.807, 2.05) is 0 Å². The Kier molecular flexibility index (Phi) is 15.4. The van der Waals surface area contributed by atoms with Gasteiger partial charge in [-0.25, -0.2) is 9.59 Å². The molecule has 3 aliphatic carbocycles. The van der Waals surface area contributed by atoms with Gasteiger partial charge in [0.1, 0.15) is 0 Å². The Labute approximate surface area is 214 Å². The number of esters is 2. The summed E-state index contributed by atoms with van der Waals surface area (Å²) < 4.78 is 9.14. The summed E-state index contributed by atoms with van der Waals surface area (Å²) in [6.45, 7) is -0.109. The van der Waals surface area contributed by atoms with Crippen molar-refractivity contribution in [2.24, 2.45) is 5.41 Å². The number of carbonyl (C=O) groups excluding carboxylic acids is 2. The Balaban J connectivity index is 0.000000277. The molecule has 0 saturated heterocycles. The van der Waals surface area contributed by atoms with Crippen molar-refractivity contribution in [3.8, 4) is 0 Å². The van der Waals surface area contributed by atoms with Gasteiger partial charge in [0.05, 0.1) is 20.6 Å². The number of hydrogen-bond acceptors (Lipinski definition) is 7. The summed E-state index contributed by atoms with van der Waals surface area (Å²) in [6.07, 6.45) is 19.3. The number of hydrogen-bond donors (Lipinski definition) is 1. The Morgan fingerprint density at radius 2 is 1.31 bits per heavy atom. The number of nitrogens with zero attached hydrogens (tertiary/aromatic N) is 1. The highest BCUT2D eigenvalue weighted by molar-refractivity contribution is 5.82. The summed E-state index contributed by atoms with van der Waals surface area (Å²) in [7, 11) is 2.74. The van der Waals surface area contributed by atoms with Gasteiger partial charge in [-0.2, -0.15) is 0 Å². The average molecular weight is 510 g/mol. The van der Waals surface area contributed by atoms with Crippen LogP contribution in [0.4, 0.5) is 0 Å². The van der Waals surface area contributed by atoms with E-state index in [0.717, 1.165) is 63.4 Å². The monoisotopic (exact) mass is 509 g/mol. The quantitative estimate of drug-likeness (QED) is 0.206. The molecule has 3 aliphatic rings. The van der Waals surface area contributed by atoms with Crippen LogP contribution in [-0.2, 0) is 23.9 Å². The summed E-state index contributed by atoms with van der Waals surface area (Å²) >= 11 is 0. The van der Waals surface area contributed by atoms with E-state index in [-0.39, 0.29) is 29.8 Å². The molecule has 3 saturated carbocycles. The van der Waals surface area contributed by atoms with Crippen molar-refractivity contribution < 1.29 is 33.9 Å². The number of methoxy groups -OCH3 is 2. The molecule has 9 nitrogen and oxygen atoms in total. The van der Waals surface area contributed by atoms with Crippen molar-refractivity contribution in [1.82, 2.24) is 0 Å². The molecule has 0 atom stereocenters. The number of aliphatic carboxylic acids is 1. The van der Waals surface area contributed by atoms with Crippen molar-refractivity contribution in [3.63, 3.8) is 0 Å². The third-order valence-electron chi connectivity index (χ3n) is 6.97. The highest BCUT2D eigenvalue weighted by atomic mass is 16.6. The SMILES string of the molecule is COC(=O)C=C1CCCCC1.COC(=O)CC1(C[N+](=O)[O-])CCCCC1.O=C(O)C=C1CCCCC1. The summed E-state index contributed by atoms with van der Waals surface area (Å²) in [4.78, 5) is 42.5. The van der Waals surface area contributed by atoms with Crippen molar-refractivity contribution in [3.05, 3.63) is 33.4 Å². The van der Waals surface area contributed by atoms with Crippen LogP contribution in [0.5, 0.6) is 0 Å². The summed E-state index contributed by atoms with van der Waals surface area (Å²) in [5, 5.41) is 19.0. The molecule has 0 aromatic carbocycles. The number of carbonyl (C=O) groups is 3. The number of carboxylic acid groups (broad SMARTS) is 1. The lowest BCUT2D eigenvalue weighted by Gasteiger charge is -2.32. The van der Waals surface area contributed by atoms with E-state index in [0.29, 0.717) is 0 Å². The van der Waals surface area contributed by atoms with Gasteiger partial charge in [-0.15, -0.1) is 0 Å². The summed E-state index contributed by atoms with van der Waals surface area (Å²) in [6, 6.07) is 0. The molecule has 3 fully saturated rings. The number of rotatable bonds is 6. The van der Waals surface area contributed by atoms with Crippen LogP contribution in [0.15, 0.2) is 23.3 Å². The fourth-order valence-corrected chi connectivity index (χ4v) is 5.05. The molecule has 0 aliphatic heterocycles. The molecule has 0 aromatic heterocycles. The molecule has 3 rings (SSSR count). The lowest BCUT2D eigenvalue weighted by Crippen LogP contribution is -2.34. The lowest BCUT2D eigenvalue weighted by atomic mass is 9.72. The van der Waals surface area contributed by atoms with Crippen molar-refractivity contribution in [2.75, 3.05) is 20.8 Å². The van der Waals surface area contributed by atoms with Gasteiger partial charge in [0, 0.05) is 22.5 Å². The lowest BCUT2D eigenvalue weighted by molar-refractivity contribution is -0.498. The third kappa shape index (κ3) is 14.0. The van der Waals surface area contributed by atoms with Crippen LogP contribution >= 0.6 is 0 Å². The highest BCUT2D eigenvalue weighted by Gasteiger charge is 2.39. The molecule has 0 radical (unpaired) electrons. The van der Waals surface area contributed by atoms with Crippen LogP contribution in [0.2, 0.25) is 0 Å². The molecular formula is C27H43NO8. The molecule has 0 aromatic rings. The van der Waals surface area contributed by atoms with Gasteiger partial charge < -0.3 is 14.6 Å². The number of allylic oxidation sites excluding steroid dienone is 2. The maximum Gasteiger partial charge on any atom is 0.330 e. The first-order valence-electron chi connectivity index (χ1n) is 13.1. The van der Waals surface area contributed by atoms with Crippen LogP contribution in [0.3, 0.4) is 0 Å². The van der Waals surface area contributed by atoms with Gasteiger partial charge in [-0.3, -0.25) is 14.9 Å². The standard InChI is InChI=1S/C10H17NO4.C9H14O2.C8H12O2/c1-15-9(12)7-10(8-11(13)14)5-3-2-4-6-10;1-11-9(10)7-8-5-3-2-4-6-8;9-8(10)6-7-4-2-1-3-5-7/h2-8H2,1H3;7H,2-6H2,1H3;6H,1-5H2,(H,9,10). The average Bonchev–Trinajstić information content (AvgIpc) is 2.85. The Bertz CT molecular complexity index is 765. The fourth-order valence-electron chi connectivity index (χ4n) is 5.05. The van der Waals surface area contributed by atoms with Crippen molar-refractivity contribution in [1.29, 1.82) is 0 Å². The van der Waals surface area contributed by atoms with Crippen LogP contribution in [0, 0.1) is 15.5 Å². The molecule has 9 heteroatoms. The van der Waals surface area contributed by atoms with Crippen molar-refractivity contribution in [2.45, 2.75) is 103 Å². The molecule has 36 heavy (non-hydrogen) atoms. The summed E-state index contributed by atoms with van der Waals surface area (Å²) in [5.74, 6) is -1.34. The Hall–Kier alpha value is -2.71. The van der Waals surface area contributed by atoms with Gasteiger partial charge in [0.25, 0.3) is 0 Å². The van der Waals surface area contributed by atoms with E-state index in [9.17, 15) is 24.5 Å². The second kappa shape index (κ2) is 17.7. The molecule has 0 bridgehead atoms. The Morgan fingerprint density at radius 1 is 0.833 bits per heavy atom. The number of ether oxygens (including phenoxy) is 2. The van der Waals surface area contributed by atoms with Gasteiger partial charge in [-0.1, -0.05) is 43.3 Å². The number of nitro groups is 1. The van der Waals surface area contributed by atoms with Crippen LogP contribution < -0.4 is 0 Å². The van der Waals surface area contributed by atoms with E-state index >= 15 is 0 Å². The third-order valence-corrected chi connectivity index (χ3v) is 6.97. The Morgan fingerprint density at radius 3 is 1.72 bits per heavy atom. The first kappa shape index (κ1) is 31.3. The van der Waals surface area contributed by atoms with Gasteiger partial charge in [0.15, 0.2) is 0 Å². The molecule has 204 valence electrons.